The second kappa shape index (κ2) is 7.49. The Morgan fingerprint density at radius 3 is 1.80 bits per heavy atom. The van der Waals surface area contributed by atoms with Gasteiger partial charge in [0, 0.05) is 17.5 Å². The molecule has 0 radical (unpaired) electrons. The maximum atomic E-state index is 14.7. The van der Waals surface area contributed by atoms with Gasteiger partial charge in [0.2, 0.25) is 0 Å². The van der Waals surface area contributed by atoms with Gasteiger partial charge < -0.3 is 23.7 Å². The number of hydrogen-bond acceptors (Lipinski definition) is 6. The van der Waals surface area contributed by atoms with Crippen molar-refractivity contribution in [2.75, 3.05) is 0 Å². The molecule has 2 saturated heterocycles. The second-order valence-corrected chi connectivity index (χ2v) is 11.0. The second-order valence-electron chi connectivity index (χ2n) is 11.0. The topological polar surface area (TPSA) is 91.3 Å². The highest BCUT2D eigenvalue weighted by Crippen LogP contribution is 2.49. The van der Waals surface area contributed by atoms with Crippen LogP contribution < -0.4 is 10.9 Å². The maximum Gasteiger partial charge on any atom is 0.494 e. The third-order valence-electron chi connectivity index (χ3n) is 7.95. The van der Waals surface area contributed by atoms with Crippen LogP contribution in [0.5, 0.6) is 0 Å². The Morgan fingerprint density at radius 1 is 0.800 bits per heavy atom. The number of carbonyl (C=O) groups is 2. The molecule has 0 amide bonds. The minimum absolute atomic E-state index is 0.0579. The Morgan fingerprint density at radius 2 is 1.29 bits per heavy atom. The average molecular weight is 480 g/mol. The lowest BCUT2D eigenvalue weighted by Gasteiger charge is -2.45. The van der Waals surface area contributed by atoms with Crippen LogP contribution in [0, 0.1) is 5.82 Å². The van der Waals surface area contributed by atoms with Crippen LogP contribution in [0.25, 0.3) is 0 Å². The van der Waals surface area contributed by atoms with Gasteiger partial charge >= 0.3 is 20.2 Å². The first-order valence-electron chi connectivity index (χ1n) is 11.6. The highest BCUT2D eigenvalue weighted by Gasteiger charge is 2.63. The van der Waals surface area contributed by atoms with Crippen molar-refractivity contribution >= 4 is 36.9 Å². The van der Waals surface area contributed by atoms with Crippen molar-refractivity contribution in [1.29, 1.82) is 0 Å². The third kappa shape index (κ3) is 3.74. The van der Waals surface area contributed by atoms with Gasteiger partial charge in [-0.25, -0.2) is 9.18 Å². The first-order chi connectivity index (χ1) is 16.1. The lowest BCUT2D eigenvalue weighted by Crippen LogP contribution is -2.55. The third-order valence-corrected chi connectivity index (χ3v) is 7.95. The summed E-state index contributed by atoms with van der Waals surface area (Å²) in [5, 5.41) is 9.70. The summed E-state index contributed by atoms with van der Waals surface area (Å²) in [4.78, 5) is 25.3. The standard InChI is InChI=1S/C25H27B2FO7/c1-22(2)24(5)13-25(6)23(3,4)33-27(35-25)18-9-15(11-19(28)12-18)20(29)14-7-16(21(30)31)10-17(8-14)26(32-22)34-24/h7-12H,13H2,1-6H3,(H,30,31). The molecular weight excluding hydrogens is 453 g/mol. The molecule has 5 rings (SSSR count). The van der Waals surface area contributed by atoms with E-state index < -0.39 is 54.2 Å². The predicted octanol–water partition coefficient (Wildman–Crippen LogP) is 2.72. The van der Waals surface area contributed by atoms with Crippen LogP contribution in [0.4, 0.5) is 4.39 Å². The van der Waals surface area contributed by atoms with E-state index in [1.54, 1.807) is 6.07 Å². The van der Waals surface area contributed by atoms with E-state index in [4.69, 9.17) is 18.6 Å². The van der Waals surface area contributed by atoms with E-state index in [2.05, 4.69) is 0 Å². The number of halogens is 1. The number of rotatable bonds is 1. The summed E-state index contributed by atoms with van der Waals surface area (Å²) in [6.45, 7) is 11.5. The van der Waals surface area contributed by atoms with Crippen molar-refractivity contribution in [3.63, 3.8) is 0 Å². The molecule has 35 heavy (non-hydrogen) atoms. The van der Waals surface area contributed by atoms with Crippen molar-refractivity contribution in [2.45, 2.75) is 70.4 Å². The minimum Gasteiger partial charge on any atom is -0.478 e. The largest absolute Gasteiger partial charge is 0.494 e. The van der Waals surface area contributed by atoms with Crippen molar-refractivity contribution in [1.82, 2.24) is 0 Å². The van der Waals surface area contributed by atoms with Gasteiger partial charge in [0.15, 0.2) is 5.78 Å². The molecule has 10 heteroatoms. The van der Waals surface area contributed by atoms with Gasteiger partial charge in [0.25, 0.3) is 0 Å². The molecule has 2 aromatic rings. The highest BCUT2D eigenvalue weighted by molar-refractivity contribution is 6.63. The smallest absolute Gasteiger partial charge is 0.478 e. The molecule has 2 atom stereocenters. The monoisotopic (exact) mass is 480 g/mol. The number of benzene rings is 2. The Hall–Kier alpha value is -2.52. The summed E-state index contributed by atoms with van der Waals surface area (Å²) in [6, 6.07) is 8.19. The molecule has 2 fully saturated rings. The van der Waals surface area contributed by atoms with Gasteiger partial charge in [-0.1, -0.05) is 12.1 Å². The number of ketones is 1. The molecule has 3 aliphatic heterocycles. The Kier molecular flexibility index (Phi) is 5.18. The van der Waals surface area contributed by atoms with Gasteiger partial charge in [0.05, 0.1) is 28.0 Å². The van der Waals surface area contributed by atoms with Gasteiger partial charge in [-0.2, -0.15) is 0 Å². The summed E-state index contributed by atoms with van der Waals surface area (Å²) in [7, 11) is -1.83. The van der Waals surface area contributed by atoms with E-state index in [1.807, 2.05) is 41.5 Å². The minimum atomic E-state index is -1.20. The predicted molar refractivity (Wildman–Crippen MR) is 128 cm³/mol. The lowest BCUT2D eigenvalue weighted by atomic mass is 9.73. The van der Waals surface area contributed by atoms with Gasteiger partial charge in [0.1, 0.15) is 5.82 Å². The fraction of sp³-hybridized carbons (Fsp3) is 0.440. The number of carboxylic acid groups (broad SMARTS) is 1. The summed E-state index contributed by atoms with van der Waals surface area (Å²) in [5.41, 5.74) is -2.51. The van der Waals surface area contributed by atoms with Crippen molar-refractivity contribution < 1.29 is 37.7 Å². The van der Waals surface area contributed by atoms with E-state index in [0.29, 0.717) is 17.3 Å². The van der Waals surface area contributed by atoms with E-state index in [-0.39, 0.29) is 16.7 Å². The molecule has 0 aromatic heterocycles. The van der Waals surface area contributed by atoms with Crippen LogP contribution in [0.3, 0.4) is 0 Å². The van der Waals surface area contributed by atoms with Crippen molar-refractivity contribution in [3.05, 3.63) is 58.9 Å². The number of fused-ring (bicyclic) bond motifs is 10. The molecule has 7 nitrogen and oxygen atoms in total. The average Bonchev–Trinajstić information content (AvgIpc) is 3.13. The van der Waals surface area contributed by atoms with E-state index in [9.17, 15) is 19.1 Å². The SMILES string of the molecule is CC1(C)OB2OC1(C)CC1(C)OB(OC1(C)C)c1cc(C(=O)O)cc(c1)C(=O)c1cc(F)cc2c1. The fourth-order valence-electron chi connectivity index (χ4n) is 5.10. The zero-order valence-corrected chi connectivity index (χ0v) is 20.6. The van der Waals surface area contributed by atoms with Gasteiger partial charge in [-0.15, -0.1) is 0 Å². The van der Waals surface area contributed by atoms with Crippen molar-refractivity contribution in [2.24, 2.45) is 0 Å². The Labute approximate surface area is 204 Å². The molecule has 0 saturated carbocycles. The van der Waals surface area contributed by atoms with E-state index >= 15 is 0 Å². The first-order valence-corrected chi connectivity index (χ1v) is 11.6. The van der Waals surface area contributed by atoms with E-state index in [1.165, 1.54) is 24.3 Å². The fourth-order valence-corrected chi connectivity index (χ4v) is 5.10. The van der Waals surface area contributed by atoms with Crippen LogP contribution in [0.2, 0.25) is 0 Å². The zero-order chi connectivity index (χ0) is 25.6. The maximum absolute atomic E-state index is 14.7. The molecular formula is C25H27B2FO7. The normalized spacial score (nSPS) is 28.7. The van der Waals surface area contributed by atoms with Crippen LogP contribution in [-0.4, -0.2) is 53.5 Å². The highest BCUT2D eigenvalue weighted by atomic mass is 19.1. The molecule has 1 N–H and O–H groups in total. The summed E-state index contributed by atoms with van der Waals surface area (Å²) in [5.74, 6) is -2.35. The molecule has 0 aliphatic carbocycles. The molecule has 2 aromatic carbocycles. The number of carbonyl (C=O) groups excluding carboxylic acids is 1. The van der Waals surface area contributed by atoms with Gasteiger partial charge in [-0.05, 0) is 76.7 Å². The number of carboxylic acids is 1. The molecule has 3 heterocycles. The lowest BCUT2D eigenvalue weighted by molar-refractivity contribution is -0.0967. The first kappa shape index (κ1) is 24.2. The van der Waals surface area contributed by atoms with Crippen LogP contribution in [-0.2, 0) is 18.6 Å². The Balaban J connectivity index is 1.75. The number of aromatic carboxylic acids is 1. The summed E-state index contributed by atoms with van der Waals surface area (Å²) < 4.78 is 40.2. The molecule has 2 unspecified atom stereocenters. The summed E-state index contributed by atoms with van der Waals surface area (Å²) >= 11 is 0. The summed E-state index contributed by atoms with van der Waals surface area (Å²) in [6.07, 6.45) is 0.375. The van der Waals surface area contributed by atoms with Gasteiger partial charge in [-0.3, -0.25) is 4.79 Å². The quantitative estimate of drug-likeness (QED) is 0.628. The molecule has 182 valence electrons. The zero-order valence-electron chi connectivity index (χ0n) is 20.6. The van der Waals surface area contributed by atoms with Crippen LogP contribution >= 0.6 is 0 Å². The molecule has 0 spiro atoms. The Bertz CT molecular complexity index is 1260. The van der Waals surface area contributed by atoms with E-state index in [0.717, 1.165) is 6.07 Å². The van der Waals surface area contributed by atoms with Crippen LogP contribution in [0.1, 0.15) is 74.2 Å². The molecule has 3 aliphatic rings. The molecule has 8 bridgehead atoms. The van der Waals surface area contributed by atoms with Crippen molar-refractivity contribution in [3.8, 4) is 0 Å². The number of hydrogen-bond donors (Lipinski definition) is 1. The van der Waals surface area contributed by atoms with Crippen LogP contribution in [0.15, 0.2) is 36.4 Å².